The Balaban J connectivity index is 1.25. The third-order valence-electron chi connectivity index (χ3n) is 5.22. The first-order valence-electron chi connectivity index (χ1n) is 10.5. The number of nitrogens with zero attached hydrogens (tertiary/aromatic N) is 3. The summed E-state index contributed by atoms with van der Waals surface area (Å²) in [6.45, 7) is 0.857. The van der Waals surface area contributed by atoms with Crippen molar-refractivity contribution < 1.29 is 9.53 Å². The van der Waals surface area contributed by atoms with Gasteiger partial charge < -0.3 is 15.4 Å². The zero-order chi connectivity index (χ0) is 20.6. The molecule has 4 rings (SSSR count). The molecular formula is C23H27N5O2. The van der Waals surface area contributed by atoms with E-state index >= 15 is 0 Å². The molecule has 3 aromatic rings. The van der Waals surface area contributed by atoms with Crippen molar-refractivity contribution in [2.24, 2.45) is 0 Å². The summed E-state index contributed by atoms with van der Waals surface area (Å²) in [5, 5.41) is 10.0. The SMILES string of the molecule is O=C(NCc1cccc(-n2cccn2)c1)NCc1ccnc(OC2CCCCC2)c1. The molecule has 1 fully saturated rings. The fourth-order valence-corrected chi connectivity index (χ4v) is 3.64. The van der Waals surface area contributed by atoms with Crippen LogP contribution in [-0.2, 0) is 13.1 Å². The standard InChI is InChI=1S/C23H27N5O2/c29-23(25-16-18-6-4-7-20(14-18)28-13-5-11-27-28)26-17-19-10-12-24-22(15-19)30-21-8-2-1-3-9-21/h4-7,10-15,21H,1-3,8-9,16-17H2,(H2,25,26,29). The number of urea groups is 1. The van der Waals surface area contributed by atoms with Gasteiger partial charge in [0, 0.05) is 37.7 Å². The maximum atomic E-state index is 12.2. The minimum atomic E-state index is -0.217. The highest BCUT2D eigenvalue weighted by molar-refractivity contribution is 5.73. The van der Waals surface area contributed by atoms with Crippen LogP contribution in [0.4, 0.5) is 4.79 Å². The Labute approximate surface area is 176 Å². The van der Waals surface area contributed by atoms with Crippen LogP contribution in [0.1, 0.15) is 43.2 Å². The minimum absolute atomic E-state index is 0.217. The number of amides is 2. The van der Waals surface area contributed by atoms with Crippen molar-refractivity contribution >= 4 is 6.03 Å². The highest BCUT2D eigenvalue weighted by Gasteiger charge is 2.15. The van der Waals surface area contributed by atoms with Gasteiger partial charge in [-0.25, -0.2) is 14.5 Å². The molecule has 0 atom stereocenters. The number of rotatable bonds is 7. The molecule has 0 unspecified atom stereocenters. The second-order valence-corrected chi connectivity index (χ2v) is 7.54. The number of benzene rings is 1. The first-order chi connectivity index (χ1) is 14.8. The predicted molar refractivity (Wildman–Crippen MR) is 114 cm³/mol. The fourth-order valence-electron chi connectivity index (χ4n) is 3.64. The van der Waals surface area contributed by atoms with Crippen LogP contribution in [0.15, 0.2) is 61.1 Å². The second kappa shape index (κ2) is 9.91. The van der Waals surface area contributed by atoms with Gasteiger partial charge in [0.25, 0.3) is 0 Å². The molecule has 30 heavy (non-hydrogen) atoms. The summed E-state index contributed by atoms with van der Waals surface area (Å²) in [7, 11) is 0. The van der Waals surface area contributed by atoms with E-state index in [2.05, 4.69) is 20.7 Å². The van der Waals surface area contributed by atoms with Gasteiger partial charge in [-0.1, -0.05) is 18.6 Å². The Morgan fingerprint density at radius 1 is 1.00 bits per heavy atom. The van der Waals surface area contributed by atoms with E-state index in [1.807, 2.05) is 48.7 Å². The number of pyridine rings is 1. The number of nitrogens with one attached hydrogen (secondary N) is 2. The molecule has 0 saturated heterocycles. The average molecular weight is 406 g/mol. The van der Waals surface area contributed by atoms with Gasteiger partial charge in [0.05, 0.1) is 5.69 Å². The van der Waals surface area contributed by atoms with Gasteiger partial charge in [-0.05, 0) is 61.1 Å². The molecule has 156 valence electrons. The molecule has 2 amide bonds. The number of hydrogen-bond acceptors (Lipinski definition) is 4. The predicted octanol–water partition coefficient (Wildman–Crippen LogP) is 3.98. The van der Waals surface area contributed by atoms with E-state index in [4.69, 9.17) is 4.74 Å². The zero-order valence-corrected chi connectivity index (χ0v) is 17.0. The summed E-state index contributed by atoms with van der Waals surface area (Å²) in [4.78, 5) is 16.5. The smallest absolute Gasteiger partial charge is 0.315 e. The molecule has 0 bridgehead atoms. The van der Waals surface area contributed by atoms with Gasteiger partial charge in [0.15, 0.2) is 0 Å². The van der Waals surface area contributed by atoms with E-state index in [1.165, 1.54) is 19.3 Å². The molecule has 2 aromatic heterocycles. The summed E-state index contributed by atoms with van der Waals surface area (Å²) in [6, 6.07) is 13.4. The second-order valence-electron chi connectivity index (χ2n) is 7.54. The van der Waals surface area contributed by atoms with Crippen molar-refractivity contribution in [3.05, 3.63) is 72.2 Å². The highest BCUT2D eigenvalue weighted by Crippen LogP contribution is 2.22. The van der Waals surface area contributed by atoms with Crippen molar-refractivity contribution in [2.45, 2.75) is 51.3 Å². The van der Waals surface area contributed by atoms with E-state index < -0.39 is 0 Å². The lowest BCUT2D eigenvalue weighted by molar-refractivity contribution is 0.148. The van der Waals surface area contributed by atoms with Gasteiger partial charge >= 0.3 is 6.03 Å². The molecule has 0 aliphatic heterocycles. The molecule has 0 spiro atoms. The van der Waals surface area contributed by atoms with Crippen molar-refractivity contribution in [3.63, 3.8) is 0 Å². The van der Waals surface area contributed by atoms with E-state index in [0.717, 1.165) is 29.7 Å². The summed E-state index contributed by atoms with van der Waals surface area (Å²) in [5.74, 6) is 0.636. The molecule has 2 heterocycles. The number of ether oxygens (including phenoxy) is 1. The summed E-state index contributed by atoms with van der Waals surface area (Å²) < 4.78 is 7.80. The normalized spacial score (nSPS) is 14.3. The van der Waals surface area contributed by atoms with Crippen molar-refractivity contribution in [1.82, 2.24) is 25.4 Å². The molecule has 1 saturated carbocycles. The van der Waals surface area contributed by atoms with Gasteiger partial charge in [0.1, 0.15) is 6.10 Å². The number of aromatic nitrogens is 3. The lowest BCUT2D eigenvalue weighted by atomic mass is 9.98. The average Bonchev–Trinajstić information content (AvgIpc) is 3.33. The van der Waals surface area contributed by atoms with Crippen LogP contribution in [0.2, 0.25) is 0 Å². The maximum absolute atomic E-state index is 12.2. The van der Waals surface area contributed by atoms with E-state index in [1.54, 1.807) is 17.1 Å². The highest BCUT2D eigenvalue weighted by atomic mass is 16.5. The van der Waals surface area contributed by atoms with Crippen molar-refractivity contribution in [3.8, 4) is 11.6 Å². The third-order valence-corrected chi connectivity index (χ3v) is 5.22. The Hall–Kier alpha value is -3.35. The Kier molecular flexibility index (Phi) is 6.59. The van der Waals surface area contributed by atoms with E-state index in [9.17, 15) is 4.79 Å². The summed E-state index contributed by atoms with van der Waals surface area (Å²) in [6.07, 6.45) is 11.5. The largest absolute Gasteiger partial charge is 0.474 e. The van der Waals surface area contributed by atoms with Gasteiger partial charge in [-0.2, -0.15) is 5.10 Å². The topological polar surface area (TPSA) is 81.1 Å². The molecule has 2 N–H and O–H groups in total. The van der Waals surface area contributed by atoms with Crippen LogP contribution >= 0.6 is 0 Å². The first-order valence-corrected chi connectivity index (χ1v) is 10.5. The van der Waals surface area contributed by atoms with Gasteiger partial charge in [-0.3, -0.25) is 0 Å². The van der Waals surface area contributed by atoms with Crippen LogP contribution in [0, 0.1) is 0 Å². The quantitative estimate of drug-likeness (QED) is 0.623. The molecule has 7 nitrogen and oxygen atoms in total. The van der Waals surface area contributed by atoms with Crippen LogP contribution in [0.3, 0.4) is 0 Å². The lowest BCUT2D eigenvalue weighted by Crippen LogP contribution is -2.34. The van der Waals surface area contributed by atoms with Crippen LogP contribution in [0.25, 0.3) is 5.69 Å². The Morgan fingerprint density at radius 3 is 2.57 bits per heavy atom. The molecule has 0 radical (unpaired) electrons. The van der Waals surface area contributed by atoms with Crippen molar-refractivity contribution in [1.29, 1.82) is 0 Å². The lowest BCUT2D eigenvalue weighted by Gasteiger charge is -2.22. The van der Waals surface area contributed by atoms with Crippen LogP contribution in [-0.4, -0.2) is 26.9 Å². The Bertz CT molecular complexity index is 952. The van der Waals surface area contributed by atoms with Crippen LogP contribution < -0.4 is 15.4 Å². The fraction of sp³-hybridized carbons (Fsp3) is 0.348. The number of carbonyl (C=O) groups is 1. The maximum Gasteiger partial charge on any atom is 0.315 e. The molecule has 1 aliphatic rings. The summed E-state index contributed by atoms with van der Waals surface area (Å²) in [5.41, 5.74) is 2.93. The zero-order valence-electron chi connectivity index (χ0n) is 17.0. The third kappa shape index (κ3) is 5.59. The summed E-state index contributed by atoms with van der Waals surface area (Å²) >= 11 is 0. The monoisotopic (exact) mass is 405 g/mol. The van der Waals surface area contributed by atoms with Gasteiger partial charge in [-0.15, -0.1) is 0 Å². The number of hydrogen-bond donors (Lipinski definition) is 2. The first kappa shape index (κ1) is 19.9. The Morgan fingerprint density at radius 2 is 1.80 bits per heavy atom. The van der Waals surface area contributed by atoms with E-state index in [-0.39, 0.29) is 12.1 Å². The van der Waals surface area contributed by atoms with Gasteiger partial charge in [0.2, 0.25) is 5.88 Å². The molecule has 1 aromatic carbocycles. The number of carbonyl (C=O) groups excluding carboxylic acids is 1. The van der Waals surface area contributed by atoms with E-state index in [0.29, 0.717) is 19.0 Å². The molecular weight excluding hydrogens is 378 g/mol. The minimum Gasteiger partial charge on any atom is -0.474 e. The molecule has 7 heteroatoms. The molecule has 1 aliphatic carbocycles. The van der Waals surface area contributed by atoms with Crippen molar-refractivity contribution in [2.75, 3.05) is 0 Å². The van der Waals surface area contributed by atoms with Crippen LogP contribution in [0.5, 0.6) is 5.88 Å².